The van der Waals surface area contributed by atoms with Crippen molar-refractivity contribution >= 4 is 17.3 Å². The Hall–Kier alpha value is -3.00. The van der Waals surface area contributed by atoms with Crippen molar-refractivity contribution in [3.63, 3.8) is 0 Å². The van der Waals surface area contributed by atoms with Gasteiger partial charge in [0.1, 0.15) is 11.5 Å². The summed E-state index contributed by atoms with van der Waals surface area (Å²) in [6.45, 7) is 1.90. The van der Waals surface area contributed by atoms with Crippen molar-refractivity contribution < 1.29 is 18.8 Å². The van der Waals surface area contributed by atoms with Gasteiger partial charge in [-0.1, -0.05) is 12.1 Å². The molecule has 1 N–H and O–H groups in total. The molecule has 146 valence electrons. The predicted octanol–water partition coefficient (Wildman–Crippen LogP) is 3.17. The fraction of sp³-hybridized carbons (Fsp3) is 0.350. The number of nitrogens with zero attached hydrogens (tertiary/aromatic N) is 2. The molecule has 28 heavy (non-hydrogen) atoms. The number of amides is 1. The van der Waals surface area contributed by atoms with Crippen LogP contribution >= 0.6 is 0 Å². The van der Waals surface area contributed by atoms with E-state index in [2.05, 4.69) is 5.32 Å². The van der Waals surface area contributed by atoms with Crippen LogP contribution in [0.4, 0.5) is 15.8 Å². The van der Waals surface area contributed by atoms with Gasteiger partial charge in [-0.15, -0.1) is 0 Å². The minimum absolute atomic E-state index is 0.0463. The van der Waals surface area contributed by atoms with Crippen LogP contribution in [0, 0.1) is 15.9 Å². The molecule has 1 saturated carbocycles. The van der Waals surface area contributed by atoms with Gasteiger partial charge in [-0.3, -0.25) is 14.9 Å². The largest absolute Gasteiger partial charge is 0.378 e. The van der Waals surface area contributed by atoms with Crippen molar-refractivity contribution in [3.8, 4) is 0 Å². The first-order chi connectivity index (χ1) is 13.5. The number of hydrogen-bond acceptors (Lipinski definition) is 5. The van der Waals surface area contributed by atoms with E-state index in [1.165, 1.54) is 18.2 Å². The van der Waals surface area contributed by atoms with E-state index in [-0.39, 0.29) is 29.4 Å². The lowest BCUT2D eigenvalue weighted by atomic mass is 10.1. The molecule has 0 bridgehead atoms. The maximum atomic E-state index is 13.1. The molecule has 1 aliphatic heterocycles. The molecule has 0 radical (unpaired) electrons. The number of rotatable bonds is 5. The summed E-state index contributed by atoms with van der Waals surface area (Å²) in [6, 6.07) is 10.9. The first-order valence-corrected chi connectivity index (χ1v) is 9.20. The molecular formula is C20H20FN3O4. The Morgan fingerprint density at radius 2 is 1.89 bits per heavy atom. The standard InChI is InChI=1S/C20H20FN3O4/c21-15-4-1-13(2-5-15)16-12-18(16)22-17-6-3-14(11-19(17)24(26)27)20(25)23-7-9-28-10-8-23/h1-6,11,16,18,22H,7-10,12H2/t16-,18+/m0/s1. The van der Waals surface area contributed by atoms with Crippen molar-refractivity contribution in [1.29, 1.82) is 0 Å². The number of carbonyl (C=O) groups is 1. The highest BCUT2D eigenvalue weighted by molar-refractivity contribution is 5.95. The van der Waals surface area contributed by atoms with Gasteiger partial charge in [0.25, 0.3) is 11.6 Å². The van der Waals surface area contributed by atoms with Crippen LogP contribution in [0.15, 0.2) is 42.5 Å². The molecule has 2 aliphatic rings. The monoisotopic (exact) mass is 385 g/mol. The fourth-order valence-electron chi connectivity index (χ4n) is 3.52. The van der Waals surface area contributed by atoms with Crippen LogP contribution in [0.3, 0.4) is 0 Å². The lowest BCUT2D eigenvalue weighted by Gasteiger charge is -2.26. The molecule has 2 aromatic carbocycles. The number of nitro benzene ring substituents is 1. The third kappa shape index (κ3) is 3.82. The van der Waals surface area contributed by atoms with Gasteiger partial charge in [-0.2, -0.15) is 0 Å². The van der Waals surface area contributed by atoms with Crippen molar-refractivity contribution in [2.75, 3.05) is 31.6 Å². The maximum absolute atomic E-state index is 13.1. The van der Waals surface area contributed by atoms with Gasteiger partial charge < -0.3 is 15.0 Å². The van der Waals surface area contributed by atoms with Crippen LogP contribution in [0.5, 0.6) is 0 Å². The number of hydrogen-bond donors (Lipinski definition) is 1. The molecule has 1 saturated heterocycles. The zero-order valence-corrected chi connectivity index (χ0v) is 15.1. The Morgan fingerprint density at radius 3 is 2.57 bits per heavy atom. The first-order valence-electron chi connectivity index (χ1n) is 9.20. The van der Waals surface area contributed by atoms with Crippen molar-refractivity contribution in [1.82, 2.24) is 4.90 Å². The summed E-state index contributed by atoms with van der Waals surface area (Å²) in [7, 11) is 0. The number of benzene rings is 2. The molecule has 1 heterocycles. The summed E-state index contributed by atoms with van der Waals surface area (Å²) in [5.74, 6) is -0.325. The topological polar surface area (TPSA) is 84.7 Å². The molecule has 2 atom stereocenters. The number of carbonyl (C=O) groups excluding carboxylic acids is 1. The smallest absolute Gasteiger partial charge is 0.293 e. The summed E-state index contributed by atoms with van der Waals surface area (Å²) in [4.78, 5) is 25.3. The molecule has 4 rings (SSSR count). The van der Waals surface area contributed by atoms with Crippen LogP contribution in [0.1, 0.15) is 28.3 Å². The Kier molecular flexibility index (Phi) is 4.95. The van der Waals surface area contributed by atoms with Crippen molar-refractivity contribution in [2.45, 2.75) is 18.4 Å². The van der Waals surface area contributed by atoms with Gasteiger partial charge in [-0.05, 0) is 36.2 Å². The Labute approximate surface area is 161 Å². The number of morpholine rings is 1. The van der Waals surface area contributed by atoms with Gasteiger partial charge in [-0.25, -0.2) is 4.39 Å². The third-order valence-electron chi connectivity index (χ3n) is 5.17. The minimum Gasteiger partial charge on any atom is -0.378 e. The highest BCUT2D eigenvalue weighted by Crippen LogP contribution is 2.44. The second-order valence-corrected chi connectivity index (χ2v) is 7.04. The second-order valence-electron chi connectivity index (χ2n) is 7.04. The Bertz CT molecular complexity index is 897. The van der Waals surface area contributed by atoms with E-state index in [9.17, 15) is 19.3 Å². The summed E-state index contributed by atoms with van der Waals surface area (Å²) >= 11 is 0. The van der Waals surface area contributed by atoms with Gasteiger partial charge in [0, 0.05) is 36.7 Å². The molecule has 2 aromatic rings. The van der Waals surface area contributed by atoms with Crippen LogP contribution < -0.4 is 5.32 Å². The molecule has 2 fully saturated rings. The molecule has 7 nitrogen and oxygen atoms in total. The minimum atomic E-state index is -0.478. The van der Waals surface area contributed by atoms with Gasteiger partial charge in [0.05, 0.1) is 18.1 Å². The van der Waals surface area contributed by atoms with Crippen molar-refractivity contribution in [3.05, 3.63) is 69.5 Å². The van der Waals surface area contributed by atoms with E-state index >= 15 is 0 Å². The van der Waals surface area contributed by atoms with Crippen molar-refractivity contribution in [2.24, 2.45) is 0 Å². The third-order valence-corrected chi connectivity index (χ3v) is 5.17. The zero-order valence-electron chi connectivity index (χ0n) is 15.1. The Morgan fingerprint density at radius 1 is 1.18 bits per heavy atom. The second kappa shape index (κ2) is 7.55. The van der Waals surface area contributed by atoms with Gasteiger partial charge in [0.15, 0.2) is 0 Å². The molecule has 0 spiro atoms. The number of halogens is 1. The fourth-order valence-corrected chi connectivity index (χ4v) is 3.52. The molecule has 0 unspecified atom stereocenters. The lowest BCUT2D eigenvalue weighted by molar-refractivity contribution is -0.384. The van der Waals surface area contributed by atoms with Crippen LogP contribution in [-0.2, 0) is 4.74 Å². The summed E-state index contributed by atoms with van der Waals surface area (Å²) in [5.41, 5.74) is 1.56. The molecule has 1 aliphatic carbocycles. The van der Waals surface area contributed by atoms with E-state index < -0.39 is 4.92 Å². The van der Waals surface area contributed by atoms with E-state index in [0.29, 0.717) is 37.6 Å². The van der Waals surface area contributed by atoms with Crippen LogP contribution in [-0.4, -0.2) is 48.1 Å². The number of anilines is 1. The highest BCUT2D eigenvalue weighted by atomic mass is 19.1. The average molecular weight is 385 g/mol. The SMILES string of the molecule is O=C(c1ccc(N[C@@H]2C[C@H]2c2ccc(F)cc2)c([N+](=O)[O-])c1)N1CCOCC1. The summed E-state index contributed by atoms with van der Waals surface area (Å²) in [6.07, 6.45) is 0.817. The number of nitrogens with one attached hydrogen (secondary N) is 1. The first kappa shape index (κ1) is 18.4. The lowest BCUT2D eigenvalue weighted by Crippen LogP contribution is -2.40. The number of nitro groups is 1. The van der Waals surface area contributed by atoms with E-state index in [1.54, 1.807) is 29.2 Å². The quantitative estimate of drug-likeness (QED) is 0.631. The predicted molar refractivity (Wildman–Crippen MR) is 101 cm³/mol. The van der Waals surface area contributed by atoms with Gasteiger partial charge in [0.2, 0.25) is 0 Å². The highest BCUT2D eigenvalue weighted by Gasteiger charge is 2.39. The molecule has 8 heteroatoms. The maximum Gasteiger partial charge on any atom is 0.293 e. The van der Waals surface area contributed by atoms with Crippen LogP contribution in [0.2, 0.25) is 0 Å². The summed E-state index contributed by atoms with van der Waals surface area (Å²) < 4.78 is 18.3. The Balaban J connectivity index is 1.49. The van der Waals surface area contributed by atoms with E-state index in [4.69, 9.17) is 4.74 Å². The van der Waals surface area contributed by atoms with Crippen LogP contribution in [0.25, 0.3) is 0 Å². The molecular weight excluding hydrogens is 365 g/mol. The molecule has 1 amide bonds. The molecule has 0 aromatic heterocycles. The number of ether oxygens (including phenoxy) is 1. The normalized spacial score (nSPS) is 21.2. The zero-order chi connectivity index (χ0) is 19.7. The average Bonchev–Trinajstić information content (AvgIpc) is 3.48. The summed E-state index contributed by atoms with van der Waals surface area (Å²) in [5, 5.41) is 14.7. The van der Waals surface area contributed by atoms with Gasteiger partial charge >= 0.3 is 0 Å². The van der Waals surface area contributed by atoms with E-state index in [1.807, 2.05) is 0 Å². The van der Waals surface area contributed by atoms with E-state index in [0.717, 1.165) is 12.0 Å².